The molecule has 2 aliphatic rings. The van der Waals surface area contributed by atoms with Crippen LogP contribution in [0.15, 0.2) is 23.8 Å². The SMILES string of the molecule is COC(=O)CCC/C1=C/C(=O)N2CCC[C@H]2/C=C\C1. The van der Waals surface area contributed by atoms with Crippen molar-refractivity contribution in [3.05, 3.63) is 23.8 Å². The van der Waals surface area contributed by atoms with Crippen molar-refractivity contribution in [3.63, 3.8) is 0 Å². The summed E-state index contributed by atoms with van der Waals surface area (Å²) >= 11 is 0. The maximum atomic E-state index is 12.1. The number of carbonyl (C=O) groups is 2. The number of rotatable bonds is 4. The quantitative estimate of drug-likeness (QED) is 0.577. The van der Waals surface area contributed by atoms with Crippen molar-refractivity contribution in [2.45, 2.75) is 44.6 Å². The van der Waals surface area contributed by atoms with Gasteiger partial charge in [-0.3, -0.25) is 9.59 Å². The normalized spacial score (nSPS) is 27.0. The Morgan fingerprint density at radius 3 is 3.16 bits per heavy atom. The number of allylic oxidation sites excluding steroid dienone is 2. The van der Waals surface area contributed by atoms with Gasteiger partial charge in [0.1, 0.15) is 0 Å². The summed E-state index contributed by atoms with van der Waals surface area (Å²) in [4.78, 5) is 25.1. The number of hydrogen-bond acceptors (Lipinski definition) is 3. The van der Waals surface area contributed by atoms with Gasteiger partial charge in [-0.1, -0.05) is 17.7 Å². The van der Waals surface area contributed by atoms with Crippen LogP contribution >= 0.6 is 0 Å². The minimum Gasteiger partial charge on any atom is -0.469 e. The van der Waals surface area contributed by atoms with Gasteiger partial charge < -0.3 is 9.64 Å². The third-order valence-electron chi connectivity index (χ3n) is 3.75. The molecule has 0 unspecified atom stereocenters. The maximum absolute atomic E-state index is 12.1. The zero-order valence-electron chi connectivity index (χ0n) is 11.4. The third kappa shape index (κ3) is 3.69. The van der Waals surface area contributed by atoms with Gasteiger partial charge in [0.05, 0.1) is 13.2 Å². The molecule has 0 aromatic rings. The molecule has 2 aliphatic heterocycles. The largest absolute Gasteiger partial charge is 0.469 e. The van der Waals surface area contributed by atoms with Crippen LogP contribution in [0.3, 0.4) is 0 Å². The van der Waals surface area contributed by atoms with Gasteiger partial charge in [-0.15, -0.1) is 0 Å². The van der Waals surface area contributed by atoms with E-state index in [4.69, 9.17) is 0 Å². The highest BCUT2D eigenvalue weighted by Crippen LogP contribution is 2.23. The summed E-state index contributed by atoms with van der Waals surface area (Å²) < 4.78 is 4.61. The summed E-state index contributed by atoms with van der Waals surface area (Å²) in [5.74, 6) is -0.0622. The second kappa shape index (κ2) is 6.55. The number of nitrogens with zero attached hydrogens (tertiary/aromatic N) is 1. The summed E-state index contributed by atoms with van der Waals surface area (Å²) in [5, 5.41) is 0. The zero-order valence-corrected chi connectivity index (χ0v) is 11.4. The molecule has 0 spiro atoms. The number of ether oxygens (including phenoxy) is 1. The fourth-order valence-corrected chi connectivity index (χ4v) is 2.70. The number of carbonyl (C=O) groups excluding carboxylic acids is 2. The molecule has 1 atom stereocenters. The fourth-order valence-electron chi connectivity index (χ4n) is 2.70. The van der Waals surface area contributed by atoms with Crippen LogP contribution in [0.5, 0.6) is 0 Å². The lowest BCUT2D eigenvalue weighted by molar-refractivity contribution is -0.140. The lowest BCUT2D eigenvalue weighted by Gasteiger charge is -2.23. The smallest absolute Gasteiger partial charge is 0.305 e. The summed E-state index contributed by atoms with van der Waals surface area (Å²) in [6.07, 6.45) is 11.0. The molecule has 0 aliphatic carbocycles. The fraction of sp³-hybridized carbons (Fsp3) is 0.600. The molecule has 2 rings (SSSR count). The predicted octanol–water partition coefficient (Wildman–Crippen LogP) is 2.21. The Kier molecular flexibility index (Phi) is 4.77. The molecule has 1 fully saturated rings. The van der Waals surface area contributed by atoms with Crippen molar-refractivity contribution >= 4 is 11.9 Å². The Labute approximate surface area is 114 Å². The van der Waals surface area contributed by atoms with Crippen LogP contribution in [0.2, 0.25) is 0 Å². The molecule has 0 bridgehead atoms. The molecule has 0 aromatic carbocycles. The van der Waals surface area contributed by atoms with Crippen LogP contribution in [0, 0.1) is 0 Å². The van der Waals surface area contributed by atoms with Crippen LogP contribution in [0.25, 0.3) is 0 Å². The van der Waals surface area contributed by atoms with Crippen molar-refractivity contribution in [3.8, 4) is 0 Å². The first kappa shape index (κ1) is 13.8. The molecule has 0 N–H and O–H groups in total. The molecule has 0 aromatic heterocycles. The number of hydrogen-bond donors (Lipinski definition) is 0. The summed E-state index contributed by atoms with van der Waals surface area (Å²) in [7, 11) is 1.40. The van der Waals surface area contributed by atoms with E-state index in [1.807, 2.05) is 4.90 Å². The second-order valence-corrected chi connectivity index (χ2v) is 5.11. The van der Waals surface area contributed by atoms with Crippen molar-refractivity contribution in [2.24, 2.45) is 0 Å². The van der Waals surface area contributed by atoms with Gasteiger partial charge in [0.2, 0.25) is 5.91 Å². The Morgan fingerprint density at radius 2 is 2.37 bits per heavy atom. The molecule has 104 valence electrons. The van der Waals surface area contributed by atoms with E-state index in [1.54, 1.807) is 6.08 Å². The first-order valence-corrected chi connectivity index (χ1v) is 6.94. The standard InChI is InChI=1S/C15H21NO3/c1-19-15(18)9-3-6-12-5-2-7-13-8-4-10-16(13)14(17)11-12/h2,7,11,13H,3-6,8-10H2,1H3/b7-2-,12-11+/t13-/m1/s1. The Morgan fingerprint density at radius 1 is 1.53 bits per heavy atom. The highest BCUT2D eigenvalue weighted by molar-refractivity contribution is 5.89. The van der Waals surface area contributed by atoms with Crippen LogP contribution in [0.4, 0.5) is 0 Å². The second-order valence-electron chi connectivity index (χ2n) is 5.11. The van der Waals surface area contributed by atoms with E-state index >= 15 is 0 Å². The first-order chi connectivity index (χ1) is 9.20. The molecule has 0 saturated carbocycles. The summed E-state index contributed by atoms with van der Waals surface area (Å²) in [6.45, 7) is 0.861. The van der Waals surface area contributed by atoms with Crippen LogP contribution in [-0.4, -0.2) is 36.5 Å². The highest BCUT2D eigenvalue weighted by Gasteiger charge is 2.26. The Balaban J connectivity index is 1.92. The van der Waals surface area contributed by atoms with Crippen LogP contribution < -0.4 is 0 Å². The molecule has 19 heavy (non-hydrogen) atoms. The molecule has 1 saturated heterocycles. The van der Waals surface area contributed by atoms with Crippen molar-refractivity contribution in [1.29, 1.82) is 0 Å². The highest BCUT2D eigenvalue weighted by atomic mass is 16.5. The van der Waals surface area contributed by atoms with E-state index in [2.05, 4.69) is 16.9 Å². The molecule has 4 heteroatoms. The topological polar surface area (TPSA) is 46.6 Å². The van der Waals surface area contributed by atoms with E-state index in [9.17, 15) is 9.59 Å². The lowest BCUT2D eigenvalue weighted by atomic mass is 10.0. The van der Waals surface area contributed by atoms with Gasteiger partial charge in [-0.05, 0) is 32.1 Å². The van der Waals surface area contributed by atoms with Crippen LogP contribution in [-0.2, 0) is 14.3 Å². The van der Waals surface area contributed by atoms with Gasteiger partial charge in [-0.2, -0.15) is 0 Å². The number of methoxy groups -OCH3 is 1. The van der Waals surface area contributed by atoms with Crippen LogP contribution in [0.1, 0.15) is 38.5 Å². The van der Waals surface area contributed by atoms with E-state index in [-0.39, 0.29) is 11.9 Å². The predicted molar refractivity (Wildman–Crippen MR) is 72.4 cm³/mol. The molecule has 0 radical (unpaired) electrons. The van der Waals surface area contributed by atoms with Crippen molar-refractivity contribution < 1.29 is 14.3 Å². The Hall–Kier alpha value is -1.58. The summed E-state index contributed by atoms with van der Waals surface area (Å²) in [5.41, 5.74) is 1.11. The van der Waals surface area contributed by atoms with Gasteiger partial charge >= 0.3 is 5.97 Å². The van der Waals surface area contributed by atoms with Crippen molar-refractivity contribution in [1.82, 2.24) is 4.90 Å². The summed E-state index contributed by atoms with van der Waals surface area (Å²) in [6, 6.07) is 0.292. The van der Waals surface area contributed by atoms with E-state index < -0.39 is 0 Å². The maximum Gasteiger partial charge on any atom is 0.305 e. The molecule has 2 heterocycles. The minimum absolute atomic E-state index is 0.125. The van der Waals surface area contributed by atoms with Gasteiger partial charge in [0.25, 0.3) is 0 Å². The molecule has 1 amide bonds. The molecule has 4 nitrogen and oxygen atoms in total. The number of esters is 1. The van der Waals surface area contributed by atoms with Gasteiger partial charge in [-0.25, -0.2) is 0 Å². The van der Waals surface area contributed by atoms with E-state index in [1.165, 1.54) is 7.11 Å². The minimum atomic E-state index is -0.187. The number of amides is 1. The third-order valence-corrected chi connectivity index (χ3v) is 3.75. The van der Waals surface area contributed by atoms with E-state index in [0.29, 0.717) is 12.5 Å². The molecular formula is C15H21NO3. The lowest BCUT2D eigenvalue weighted by Crippen LogP contribution is -2.33. The number of fused-ring (bicyclic) bond motifs is 1. The van der Waals surface area contributed by atoms with Gasteiger partial charge in [0, 0.05) is 19.0 Å². The average molecular weight is 263 g/mol. The average Bonchev–Trinajstić information content (AvgIpc) is 2.84. The Bertz CT molecular complexity index is 412. The molecular weight excluding hydrogens is 242 g/mol. The monoisotopic (exact) mass is 263 g/mol. The van der Waals surface area contributed by atoms with Gasteiger partial charge in [0.15, 0.2) is 0 Å². The first-order valence-electron chi connectivity index (χ1n) is 6.94. The van der Waals surface area contributed by atoms with E-state index in [0.717, 1.165) is 44.2 Å². The zero-order chi connectivity index (χ0) is 13.7. The van der Waals surface area contributed by atoms with Crippen molar-refractivity contribution in [2.75, 3.05) is 13.7 Å².